The number of rotatable bonds is 4. The van der Waals surface area contributed by atoms with Gasteiger partial charge in [-0.15, -0.1) is 11.3 Å². The number of carboxylic acid groups (broad SMARTS) is 1. The Balaban J connectivity index is 2.02. The predicted octanol–water partition coefficient (Wildman–Crippen LogP) is 1.62. The van der Waals surface area contributed by atoms with Crippen LogP contribution < -0.4 is 0 Å². The normalized spacial score (nSPS) is 19.1. The molecule has 1 aromatic rings. The zero-order valence-electron chi connectivity index (χ0n) is 11.6. The predicted molar refractivity (Wildman–Crippen MR) is 79.0 cm³/mol. The maximum atomic E-state index is 12.3. The minimum Gasteiger partial charge on any atom is -0.478 e. The van der Waals surface area contributed by atoms with E-state index in [1.807, 2.05) is 19.0 Å². The Labute approximate surface area is 122 Å². The monoisotopic (exact) mass is 294 g/mol. The molecule has 0 bridgehead atoms. The lowest BCUT2D eigenvalue weighted by Gasteiger charge is -2.20. The molecular weight excluding hydrogens is 276 g/mol. The van der Waals surface area contributed by atoms with Crippen LogP contribution in [0.15, 0.2) is 17.5 Å². The van der Waals surface area contributed by atoms with Gasteiger partial charge in [0.1, 0.15) is 0 Å². The maximum absolute atomic E-state index is 12.3. The number of carbonyl (C=O) groups excluding carboxylic acids is 1. The van der Waals surface area contributed by atoms with Gasteiger partial charge in [0.2, 0.25) is 0 Å². The summed E-state index contributed by atoms with van der Waals surface area (Å²) < 4.78 is 0. The molecule has 108 valence electrons. The average Bonchev–Trinajstić information content (AvgIpc) is 3.05. The molecule has 0 aromatic carbocycles. The van der Waals surface area contributed by atoms with Crippen molar-refractivity contribution < 1.29 is 14.7 Å². The van der Waals surface area contributed by atoms with Crippen molar-refractivity contribution in [2.45, 2.75) is 12.5 Å². The van der Waals surface area contributed by atoms with Crippen molar-refractivity contribution in [3.05, 3.63) is 28.0 Å². The second kappa shape index (κ2) is 6.19. The third-order valence-corrected chi connectivity index (χ3v) is 4.34. The Morgan fingerprint density at radius 3 is 2.85 bits per heavy atom. The van der Waals surface area contributed by atoms with Crippen LogP contribution in [0.5, 0.6) is 0 Å². The Kier molecular flexibility index (Phi) is 4.57. The van der Waals surface area contributed by atoms with E-state index in [0.717, 1.165) is 30.5 Å². The molecule has 1 fully saturated rings. The van der Waals surface area contributed by atoms with Crippen LogP contribution in [0.2, 0.25) is 0 Å². The number of likely N-dealkylation sites (N-methyl/N-ethyl adjacent to an activating group) is 1. The first-order valence-electron chi connectivity index (χ1n) is 6.42. The maximum Gasteiger partial charge on any atom is 0.328 e. The summed E-state index contributed by atoms with van der Waals surface area (Å²) in [6, 6.07) is 2.17. The van der Waals surface area contributed by atoms with Crippen molar-refractivity contribution in [2.75, 3.05) is 27.2 Å². The van der Waals surface area contributed by atoms with E-state index in [0.29, 0.717) is 11.6 Å². The molecule has 0 saturated carbocycles. The zero-order chi connectivity index (χ0) is 14.7. The first-order valence-corrected chi connectivity index (χ1v) is 7.30. The smallest absolute Gasteiger partial charge is 0.328 e. The Morgan fingerprint density at radius 1 is 1.50 bits per heavy atom. The fourth-order valence-electron chi connectivity index (χ4n) is 2.24. The summed E-state index contributed by atoms with van der Waals surface area (Å²) in [5, 5.41) is 10.4. The molecular formula is C14H18N2O3S. The fourth-order valence-corrected chi connectivity index (χ4v) is 3.01. The lowest BCUT2D eigenvalue weighted by molar-refractivity contribution is -0.131. The van der Waals surface area contributed by atoms with Crippen molar-refractivity contribution in [3.8, 4) is 0 Å². The lowest BCUT2D eigenvalue weighted by atomic mass is 10.2. The number of hydrogen-bond acceptors (Lipinski definition) is 4. The van der Waals surface area contributed by atoms with E-state index in [4.69, 9.17) is 5.11 Å². The summed E-state index contributed by atoms with van der Waals surface area (Å²) >= 11 is 1.38. The van der Waals surface area contributed by atoms with Gasteiger partial charge < -0.3 is 14.9 Å². The van der Waals surface area contributed by atoms with Crippen LogP contribution in [0.25, 0.3) is 6.08 Å². The van der Waals surface area contributed by atoms with Gasteiger partial charge in [0.05, 0.1) is 5.56 Å². The van der Waals surface area contributed by atoms with Gasteiger partial charge in [0, 0.05) is 35.5 Å². The number of nitrogens with zero attached hydrogens (tertiary/aromatic N) is 2. The molecule has 20 heavy (non-hydrogen) atoms. The van der Waals surface area contributed by atoms with Crippen LogP contribution in [-0.2, 0) is 4.79 Å². The summed E-state index contributed by atoms with van der Waals surface area (Å²) in [6.45, 7) is 1.53. The molecule has 1 unspecified atom stereocenters. The van der Waals surface area contributed by atoms with Gasteiger partial charge in [-0.2, -0.15) is 0 Å². The lowest BCUT2D eigenvalue weighted by Crippen LogP contribution is -2.34. The van der Waals surface area contributed by atoms with Crippen molar-refractivity contribution in [1.82, 2.24) is 9.80 Å². The summed E-state index contributed by atoms with van der Waals surface area (Å²) in [4.78, 5) is 27.6. The second-order valence-electron chi connectivity index (χ2n) is 5.07. The van der Waals surface area contributed by atoms with E-state index in [2.05, 4.69) is 4.90 Å². The minimum absolute atomic E-state index is 0.0283. The molecule has 6 heteroatoms. The first kappa shape index (κ1) is 14.7. The molecule has 1 aromatic heterocycles. The molecule has 0 radical (unpaired) electrons. The van der Waals surface area contributed by atoms with E-state index >= 15 is 0 Å². The van der Waals surface area contributed by atoms with Crippen LogP contribution in [0.1, 0.15) is 21.7 Å². The third kappa shape index (κ3) is 3.46. The Bertz CT molecular complexity index is 536. The quantitative estimate of drug-likeness (QED) is 0.857. The fraction of sp³-hybridized carbons (Fsp3) is 0.429. The number of amides is 1. The topological polar surface area (TPSA) is 60.9 Å². The van der Waals surface area contributed by atoms with Crippen LogP contribution in [-0.4, -0.2) is 60.0 Å². The molecule has 2 rings (SSSR count). The molecule has 5 nitrogen and oxygen atoms in total. The van der Waals surface area contributed by atoms with Gasteiger partial charge >= 0.3 is 5.97 Å². The van der Waals surface area contributed by atoms with Gasteiger partial charge in [0.25, 0.3) is 5.91 Å². The van der Waals surface area contributed by atoms with E-state index < -0.39 is 5.97 Å². The zero-order valence-corrected chi connectivity index (χ0v) is 12.4. The van der Waals surface area contributed by atoms with Gasteiger partial charge in [-0.25, -0.2) is 4.79 Å². The number of hydrogen-bond donors (Lipinski definition) is 1. The molecule has 0 spiro atoms. The molecule has 1 saturated heterocycles. The highest BCUT2D eigenvalue weighted by molar-refractivity contribution is 7.11. The van der Waals surface area contributed by atoms with Crippen LogP contribution >= 0.6 is 11.3 Å². The Morgan fingerprint density at radius 2 is 2.25 bits per heavy atom. The summed E-state index contributed by atoms with van der Waals surface area (Å²) in [5.74, 6) is -0.958. The van der Waals surface area contributed by atoms with E-state index in [9.17, 15) is 9.59 Å². The average molecular weight is 294 g/mol. The highest BCUT2D eigenvalue weighted by Crippen LogP contribution is 2.21. The molecule has 1 amide bonds. The van der Waals surface area contributed by atoms with Gasteiger partial charge in [-0.05, 0) is 32.7 Å². The highest BCUT2D eigenvalue weighted by Gasteiger charge is 2.28. The summed E-state index contributed by atoms with van der Waals surface area (Å²) in [6.07, 6.45) is 3.59. The number of carbonyl (C=O) groups is 2. The molecule has 2 heterocycles. The van der Waals surface area contributed by atoms with Crippen LogP contribution in [0.3, 0.4) is 0 Å². The number of thiophene rings is 1. The van der Waals surface area contributed by atoms with Crippen molar-refractivity contribution in [3.63, 3.8) is 0 Å². The Hall–Kier alpha value is -1.66. The van der Waals surface area contributed by atoms with Crippen molar-refractivity contribution in [1.29, 1.82) is 0 Å². The molecule has 1 aliphatic heterocycles. The third-order valence-electron chi connectivity index (χ3n) is 3.44. The first-order chi connectivity index (χ1) is 9.47. The van der Waals surface area contributed by atoms with E-state index in [1.165, 1.54) is 17.4 Å². The van der Waals surface area contributed by atoms with Crippen LogP contribution in [0, 0.1) is 0 Å². The standard InChI is InChI=1S/C14H18N2O3S/c1-15(2)11-5-6-16(8-11)14(19)10-7-12(20-9-10)3-4-13(17)18/h3-4,7,9,11H,5-6,8H2,1-2H3,(H,17,18). The van der Waals surface area contributed by atoms with Crippen LogP contribution in [0.4, 0.5) is 0 Å². The number of likely N-dealkylation sites (tertiary alicyclic amines) is 1. The van der Waals surface area contributed by atoms with Gasteiger partial charge in [0.15, 0.2) is 0 Å². The van der Waals surface area contributed by atoms with E-state index in [1.54, 1.807) is 11.4 Å². The summed E-state index contributed by atoms with van der Waals surface area (Å²) in [7, 11) is 4.05. The largest absolute Gasteiger partial charge is 0.478 e. The minimum atomic E-state index is -0.986. The molecule has 1 N–H and O–H groups in total. The summed E-state index contributed by atoms with van der Waals surface area (Å²) in [5.41, 5.74) is 0.638. The van der Waals surface area contributed by atoms with Crippen molar-refractivity contribution >= 4 is 29.3 Å². The molecule has 1 aliphatic rings. The van der Waals surface area contributed by atoms with Gasteiger partial charge in [-0.3, -0.25) is 4.79 Å². The highest BCUT2D eigenvalue weighted by atomic mass is 32.1. The molecule has 1 atom stereocenters. The second-order valence-corrected chi connectivity index (χ2v) is 6.01. The van der Waals surface area contributed by atoms with E-state index in [-0.39, 0.29) is 5.91 Å². The molecule has 0 aliphatic carbocycles. The van der Waals surface area contributed by atoms with Crippen molar-refractivity contribution in [2.24, 2.45) is 0 Å². The number of aliphatic carboxylic acids is 1. The van der Waals surface area contributed by atoms with Gasteiger partial charge in [-0.1, -0.05) is 0 Å². The number of carboxylic acids is 1. The SMILES string of the molecule is CN(C)C1CCN(C(=O)c2csc(C=CC(=O)O)c2)C1.